The molecule has 5 nitrogen and oxygen atoms in total. The summed E-state index contributed by atoms with van der Waals surface area (Å²) in [6, 6.07) is 2.14. The number of aliphatic carboxylic acids is 1. The van der Waals surface area contributed by atoms with E-state index in [2.05, 4.69) is 40.7 Å². The predicted molar refractivity (Wildman–Crippen MR) is 137 cm³/mol. The van der Waals surface area contributed by atoms with Gasteiger partial charge in [-0.2, -0.15) is 5.26 Å². The number of carboxylic acid groups (broad SMARTS) is 1. The SMILES string of the molecule is CC1(C)CC[C@]2(C(=O)O)CC[C@]3(C)C(=CC(=O)[C@@H]4[C@@]5(C)C=C(C#N)C(=O)C(C)(C)C5CC[C@]43C)[C@H]2C1. The van der Waals surface area contributed by atoms with E-state index in [-0.39, 0.29) is 51.1 Å². The molecule has 5 heteroatoms. The average Bonchev–Trinajstić information content (AvgIpc) is 2.77. The lowest BCUT2D eigenvalue weighted by molar-refractivity contribution is -0.178. The molecule has 0 saturated heterocycles. The first-order valence-corrected chi connectivity index (χ1v) is 13.7. The van der Waals surface area contributed by atoms with Crippen LogP contribution in [0.3, 0.4) is 0 Å². The van der Waals surface area contributed by atoms with Gasteiger partial charge in [0, 0.05) is 16.7 Å². The van der Waals surface area contributed by atoms with Gasteiger partial charge in [0.05, 0.1) is 11.0 Å². The number of allylic oxidation sites excluding steroid dienone is 4. The van der Waals surface area contributed by atoms with Gasteiger partial charge in [-0.3, -0.25) is 14.4 Å². The summed E-state index contributed by atoms with van der Waals surface area (Å²) in [4.78, 5) is 40.2. The Labute approximate surface area is 215 Å². The second-order valence-electron chi connectivity index (χ2n) is 14.7. The van der Waals surface area contributed by atoms with Gasteiger partial charge in [-0.25, -0.2) is 0 Å². The fourth-order valence-electron chi connectivity index (χ4n) is 10.1. The molecule has 0 radical (unpaired) electrons. The van der Waals surface area contributed by atoms with Crippen molar-refractivity contribution in [3.8, 4) is 6.07 Å². The van der Waals surface area contributed by atoms with Crippen LogP contribution < -0.4 is 0 Å². The van der Waals surface area contributed by atoms with Crippen molar-refractivity contribution in [3.63, 3.8) is 0 Å². The second-order valence-corrected chi connectivity index (χ2v) is 14.7. The molecule has 0 amide bonds. The summed E-state index contributed by atoms with van der Waals surface area (Å²) in [5.41, 5.74) is -1.51. The van der Waals surface area contributed by atoms with Crippen molar-refractivity contribution in [2.75, 3.05) is 0 Å². The molecule has 5 aliphatic rings. The van der Waals surface area contributed by atoms with Crippen LogP contribution in [0.25, 0.3) is 0 Å². The van der Waals surface area contributed by atoms with Gasteiger partial charge in [0.1, 0.15) is 6.07 Å². The lowest BCUT2D eigenvalue weighted by Crippen LogP contribution is -2.66. The first-order chi connectivity index (χ1) is 16.5. The number of nitrogens with zero attached hydrogens (tertiary/aromatic N) is 1. The van der Waals surface area contributed by atoms with Crippen LogP contribution in [0.2, 0.25) is 0 Å². The highest BCUT2D eigenvalue weighted by molar-refractivity contribution is 6.05. The second kappa shape index (κ2) is 7.21. The van der Waals surface area contributed by atoms with Crippen LogP contribution in [-0.4, -0.2) is 22.6 Å². The van der Waals surface area contributed by atoms with Crippen LogP contribution in [0, 0.1) is 61.6 Å². The molecule has 3 saturated carbocycles. The molecule has 0 spiro atoms. The normalized spacial score (nSPS) is 46.7. The molecule has 5 rings (SSSR count). The van der Waals surface area contributed by atoms with Crippen molar-refractivity contribution in [1.29, 1.82) is 5.26 Å². The lowest BCUT2D eigenvalue weighted by Gasteiger charge is -2.68. The van der Waals surface area contributed by atoms with Crippen molar-refractivity contribution in [2.24, 2.45) is 50.2 Å². The highest BCUT2D eigenvalue weighted by Crippen LogP contribution is 2.74. The Bertz CT molecular complexity index is 1180. The molecule has 0 aromatic heterocycles. The molecule has 0 aromatic rings. The molecular weight excluding hydrogens is 450 g/mol. The van der Waals surface area contributed by atoms with Crippen LogP contribution in [-0.2, 0) is 14.4 Å². The zero-order valence-electron chi connectivity index (χ0n) is 23.0. The molecule has 0 heterocycles. The number of hydrogen-bond donors (Lipinski definition) is 1. The third-order valence-electron chi connectivity index (χ3n) is 12.3. The van der Waals surface area contributed by atoms with Crippen molar-refractivity contribution < 1.29 is 19.5 Å². The van der Waals surface area contributed by atoms with Gasteiger partial charge in [-0.15, -0.1) is 0 Å². The molecule has 7 atom stereocenters. The Hall–Kier alpha value is -2.22. The fourth-order valence-corrected chi connectivity index (χ4v) is 10.1. The van der Waals surface area contributed by atoms with Gasteiger partial charge in [0.2, 0.25) is 0 Å². The molecule has 36 heavy (non-hydrogen) atoms. The van der Waals surface area contributed by atoms with E-state index >= 15 is 0 Å². The number of nitriles is 1. The number of fused-ring (bicyclic) bond motifs is 7. The predicted octanol–water partition coefficient (Wildman–Crippen LogP) is 6.29. The first-order valence-electron chi connectivity index (χ1n) is 13.7. The van der Waals surface area contributed by atoms with Gasteiger partial charge in [-0.05, 0) is 79.1 Å². The molecule has 0 bridgehead atoms. The van der Waals surface area contributed by atoms with E-state index < -0.39 is 22.2 Å². The van der Waals surface area contributed by atoms with Gasteiger partial charge in [0.15, 0.2) is 11.6 Å². The molecule has 3 fully saturated rings. The van der Waals surface area contributed by atoms with E-state index in [1.807, 2.05) is 26.0 Å². The topological polar surface area (TPSA) is 95.2 Å². The van der Waals surface area contributed by atoms with Crippen LogP contribution >= 0.6 is 0 Å². The van der Waals surface area contributed by atoms with Gasteiger partial charge >= 0.3 is 5.97 Å². The Morgan fingerprint density at radius 1 is 1.00 bits per heavy atom. The molecule has 1 unspecified atom stereocenters. The maximum Gasteiger partial charge on any atom is 0.310 e. The molecule has 0 aliphatic heterocycles. The number of carbonyl (C=O) groups excluding carboxylic acids is 2. The van der Waals surface area contributed by atoms with Gasteiger partial charge in [-0.1, -0.05) is 60.1 Å². The monoisotopic (exact) mass is 491 g/mol. The van der Waals surface area contributed by atoms with E-state index in [1.165, 1.54) is 0 Å². The summed E-state index contributed by atoms with van der Waals surface area (Å²) < 4.78 is 0. The molecule has 1 N–H and O–H groups in total. The first kappa shape index (κ1) is 25.4. The highest BCUT2D eigenvalue weighted by atomic mass is 16.4. The standard InChI is InChI=1S/C31H41NO4/c1-26(2)10-12-31(25(35)36)13-11-29(6)19(20(31)16-26)14-21(33)23-28(5)15-18(17-32)24(34)27(3,4)22(28)8-9-30(23,29)7/h14-15,20,22-23H,8-13,16H2,1-7H3,(H,35,36)/t20-,22?,23-,28+,29-,30-,31+/m1/s1. The summed E-state index contributed by atoms with van der Waals surface area (Å²) in [5, 5.41) is 20.3. The molecule has 5 aliphatic carbocycles. The Morgan fingerprint density at radius 2 is 1.64 bits per heavy atom. The molecule has 0 aromatic carbocycles. The van der Waals surface area contributed by atoms with E-state index in [4.69, 9.17) is 0 Å². The molecule has 194 valence electrons. The largest absolute Gasteiger partial charge is 0.481 e. The summed E-state index contributed by atoms with van der Waals surface area (Å²) in [6.07, 6.45) is 9.03. The minimum Gasteiger partial charge on any atom is -0.481 e. The zero-order valence-corrected chi connectivity index (χ0v) is 23.0. The third-order valence-corrected chi connectivity index (χ3v) is 12.3. The number of carboxylic acids is 1. The number of carbonyl (C=O) groups is 3. The van der Waals surface area contributed by atoms with Crippen LogP contribution in [0.1, 0.15) is 93.4 Å². The van der Waals surface area contributed by atoms with Crippen molar-refractivity contribution in [3.05, 3.63) is 23.3 Å². The average molecular weight is 492 g/mol. The molecular formula is C31H41NO4. The maximum absolute atomic E-state index is 14.3. The summed E-state index contributed by atoms with van der Waals surface area (Å²) in [6.45, 7) is 14.9. The Morgan fingerprint density at radius 3 is 2.25 bits per heavy atom. The summed E-state index contributed by atoms with van der Waals surface area (Å²) >= 11 is 0. The Balaban J connectivity index is 1.71. The van der Waals surface area contributed by atoms with Gasteiger partial charge < -0.3 is 5.11 Å². The summed E-state index contributed by atoms with van der Waals surface area (Å²) in [7, 11) is 0. The van der Waals surface area contributed by atoms with Crippen LogP contribution in [0.5, 0.6) is 0 Å². The van der Waals surface area contributed by atoms with Crippen LogP contribution in [0.15, 0.2) is 23.3 Å². The van der Waals surface area contributed by atoms with E-state index in [9.17, 15) is 24.8 Å². The summed E-state index contributed by atoms with van der Waals surface area (Å²) in [5.74, 6) is -1.28. The maximum atomic E-state index is 14.3. The van der Waals surface area contributed by atoms with E-state index in [0.29, 0.717) is 12.8 Å². The van der Waals surface area contributed by atoms with Gasteiger partial charge in [0.25, 0.3) is 0 Å². The van der Waals surface area contributed by atoms with Crippen LogP contribution in [0.4, 0.5) is 0 Å². The highest BCUT2D eigenvalue weighted by Gasteiger charge is 2.71. The number of rotatable bonds is 1. The quantitative estimate of drug-likeness (QED) is 0.465. The number of ketones is 2. The van der Waals surface area contributed by atoms with E-state index in [1.54, 1.807) is 0 Å². The van der Waals surface area contributed by atoms with Crippen molar-refractivity contribution >= 4 is 17.5 Å². The third kappa shape index (κ3) is 2.85. The zero-order chi connectivity index (χ0) is 26.7. The fraction of sp³-hybridized carbons (Fsp3) is 0.742. The Kier molecular flexibility index (Phi) is 5.09. The van der Waals surface area contributed by atoms with Crippen molar-refractivity contribution in [1.82, 2.24) is 0 Å². The number of hydrogen-bond acceptors (Lipinski definition) is 4. The smallest absolute Gasteiger partial charge is 0.310 e. The lowest BCUT2D eigenvalue weighted by atomic mass is 9.34. The van der Waals surface area contributed by atoms with Crippen molar-refractivity contribution in [2.45, 2.75) is 93.4 Å². The number of Topliss-reactive ketones (excluding diaryl/α,β-unsaturated/α-hetero) is 1. The van der Waals surface area contributed by atoms with E-state index in [0.717, 1.165) is 37.7 Å². The minimum absolute atomic E-state index is 0.0227. The minimum atomic E-state index is -0.793.